The lowest BCUT2D eigenvalue weighted by Crippen LogP contribution is -2.30. The van der Waals surface area contributed by atoms with Crippen molar-refractivity contribution in [1.29, 1.82) is 0 Å². The maximum Gasteiger partial charge on any atom is 0.226 e. The molecule has 1 amide bonds. The molecule has 5 rings (SSSR count). The van der Waals surface area contributed by atoms with Crippen molar-refractivity contribution in [3.63, 3.8) is 0 Å². The van der Waals surface area contributed by atoms with Crippen LogP contribution in [0.4, 0.5) is 11.4 Å². The van der Waals surface area contributed by atoms with Gasteiger partial charge in [0.25, 0.3) is 0 Å². The third-order valence-electron chi connectivity index (χ3n) is 7.48. The Labute approximate surface area is 250 Å². The van der Waals surface area contributed by atoms with E-state index in [1.807, 2.05) is 68.4 Å². The highest BCUT2D eigenvalue weighted by molar-refractivity contribution is 7.80. The molecule has 2 atom stereocenters. The average molecular weight is 593 g/mol. The van der Waals surface area contributed by atoms with E-state index in [2.05, 4.69) is 46.9 Å². The maximum atomic E-state index is 12.3. The Kier molecular flexibility index (Phi) is 7.91. The number of anilines is 2. The molecule has 1 aliphatic rings. The van der Waals surface area contributed by atoms with Crippen LogP contribution in [0.5, 0.6) is 0 Å². The van der Waals surface area contributed by atoms with Crippen LogP contribution in [0.2, 0.25) is 10.0 Å². The van der Waals surface area contributed by atoms with Gasteiger partial charge in [0.05, 0.1) is 28.5 Å². The first kappa shape index (κ1) is 28.1. The van der Waals surface area contributed by atoms with Crippen molar-refractivity contribution in [2.24, 2.45) is 5.92 Å². The Morgan fingerprint density at radius 3 is 2.42 bits per heavy atom. The van der Waals surface area contributed by atoms with Gasteiger partial charge in [0.2, 0.25) is 5.91 Å². The van der Waals surface area contributed by atoms with E-state index in [9.17, 15) is 4.79 Å². The number of halogens is 2. The Bertz CT molecular complexity index is 1600. The van der Waals surface area contributed by atoms with Gasteiger partial charge in [-0.3, -0.25) is 9.78 Å². The third-order valence-corrected chi connectivity index (χ3v) is 8.34. The summed E-state index contributed by atoms with van der Waals surface area (Å²) in [7, 11) is 0. The summed E-state index contributed by atoms with van der Waals surface area (Å²) in [6, 6.07) is 19.0. The fourth-order valence-electron chi connectivity index (χ4n) is 5.40. The van der Waals surface area contributed by atoms with E-state index >= 15 is 0 Å². The Hall–Kier alpha value is -3.39. The van der Waals surface area contributed by atoms with Crippen LogP contribution in [0.25, 0.3) is 5.69 Å². The summed E-state index contributed by atoms with van der Waals surface area (Å²) in [4.78, 5) is 19.1. The lowest BCUT2D eigenvalue weighted by molar-refractivity contribution is -0.118. The molecule has 1 saturated heterocycles. The molecular weight excluding hydrogens is 561 g/mol. The summed E-state index contributed by atoms with van der Waals surface area (Å²) in [6.45, 7) is 10.1. The predicted octanol–water partition coefficient (Wildman–Crippen LogP) is 7.88. The molecule has 9 heteroatoms. The van der Waals surface area contributed by atoms with E-state index in [0.29, 0.717) is 20.8 Å². The third kappa shape index (κ3) is 5.09. The molecule has 206 valence electrons. The number of pyridine rings is 1. The zero-order chi connectivity index (χ0) is 28.7. The van der Waals surface area contributed by atoms with Gasteiger partial charge in [0, 0.05) is 45.5 Å². The highest BCUT2D eigenvalue weighted by Crippen LogP contribution is 2.46. The van der Waals surface area contributed by atoms with E-state index < -0.39 is 0 Å². The van der Waals surface area contributed by atoms with Gasteiger partial charge in [-0.2, -0.15) is 0 Å². The number of nitrogens with zero attached hydrogens (tertiary/aromatic N) is 3. The van der Waals surface area contributed by atoms with Gasteiger partial charge in [-0.1, -0.05) is 49.2 Å². The van der Waals surface area contributed by atoms with Gasteiger partial charge in [0.15, 0.2) is 5.11 Å². The molecule has 2 aromatic carbocycles. The van der Waals surface area contributed by atoms with E-state index in [1.54, 1.807) is 6.20 Å². The molecule has 0 unspecified atom stereocenters. The number of hydrogen-bond donors (Lipinski definition) is 2. The highest BCUT2D eigenvalue weighted by atomic mass is 35.5. The minimum Gasteiger partial charge on any atom is -0.351 e. The number of rotatable bonds is 6. The van der Waals surface area contributed by atoms with Gasteiger partial charge in [-0.15, -0.1) is 0 Å². The smallest absolute Gasteiger partial charge is 0.226 e. The summed E-state index contributed by atoms with van der Waals surface area (Å²) < 4.78 is 2.24. The van der Waals surface area contributed by atoms with Crippen molar-refractivity contribution in [2.45, 2.75) is 46.7 Å². The van der Waals surface area contributed by atoms with Crippen LogP contribution in [0.1, 0.15) is 54.1 Å². The first-order chi connectivity index (χ1) is 19.1. The lowest BCUT2D eigenvalue weighted by atomic mass is 9.93. The van der Waals surface area contributed by atoms with E-state index in [-0.39, 0.29) is 23.9 Å². The quantitative estimate of drug-likeness (QED) is 0.223. The Balaban J connectivity index is 1.66. The molecule has 4 aromatic rings. The largest absolute Gasteiger partial charge is 0.351 e. The molecule has 1 fully saturated rings. The molecular formula is C31H31Cl2N5OS. The second-order valence-electron chi connectivity index (χ2n) is 10.3. The van der Waals surface area contributed by atoms with Crippen molar-refractivity contribution >= 4 is 57.8 Å². The zero-order valence-corrected chi connectivity index (χ0v) is 25.3. The number of carbonyl (C=O) groups is 1. The van der Waals surface area contributed by atoms with Crippen LogP contribution in [0.3, 0.4) is 0 Å². The molecule has 40 heavy (non-hydrogen) atoms. The fraction of sp³-hybridized carbons (Fsp3) is 0.258. The molecule has 0 saturated carbocycles. The van der Waals surface area contributed by atoms with Crippen molar-refractivity contribution in [2.75, 3.05) is 10.2 Å². The van der Waals surface area contributed by atoms with Crippen LogP contribution in [0.15, 0.2) is 66.9 Å². The van der Waals surface area contributed by atoms with Crippen LogP contribution >= 0.6 is 35.4 Å². The number of thiocarbonyl (C=S) groups is 1. The highest BCUT2D eigenvalue weighted by Gasteiger charge is 2.43. The molecule has 0 spiro atoms. The molecule has 0 aliphatic carbocycles. The number of amides is 1. The van der Waals surface area contributed by atoms with E-state index in [0.717, 1.165) is 39.6 Å². The number of carbonyl (C=O) groups excluding carboxylic acids is 1. The SMILES string of the molecule is Cc1c([C@@H]2[C@@H](c3ccccn3)NC(=S)N2c2ccc(NC(=O)C(C)C)c(Cl)c2)c(C)n(-c2cccc(Cl)c2)c1C. The van der Waals surface area contributed by atoms with Crippen molar-refractivity contribution < 1.29 is 4.79 Å². The maximum absolute atomic E-state index is 12.3. The molecule has 0 radical (unpaired) electrons. The molecule has 1 aliphatic heterocycles. The number of benzene rings is 2. The minimum atomic E-state index is -0.214. The van der Waals surface area contributed by atoms with E-state index in [1.165, 1.54) is 0 Å². The summed E-state index contributed by atoms with van der Waals surface area (Å²) in [5.74, 6) is -0.252. The Morgan fingerprint density at radius 2 is 1.77 bits per heavy atom. The molecule has 2 N–H and O–H groups in total. The lowest BCUT2D eigenvalue weighted by Gasteiger charge is -2.29. The number of aromatic nitrogens is 2. The van der Waals surface area contributed by atoms with Gasteiger partial charge in [0.1, 0.15) is 0 Å². The second kappa shape index (κ2) is 11.2. The van der Waals surface area contributed by atoms with E-state index in [4.69, 9.17) is 40.4 Å². The number of nitrogens with one attached hydrogen (secondary N) is 2. The first-order valence-electron chi connectivity index (χ1n) is 13.1. The standard InChI is InChI=1S/C31H31Cl2N5OS/c1-17(2)30(39)35-25-13-12-23(16-24(25)33)38-29(28(36-31(38)40)26-11-6-7-14-34-26)27-18(3)19(4)37(20(27)5)22-10-8-9-21(32)15-22/h6-17,28-29H,1-5H3,(H,35,39)(H,36,40)/t28-,29-/m1/s1. The summed E-state index contributed by atoms with van der Waals surface area (Å²) in [5.41, 5.74) is 7.79. The molecule has 3 heterocycles. The minimum absolute atomic E-state index is 0.0924. The number of hydrogen-bond acceptors (Lipinski definition) is 3. The van der Waals surface area contributed by atoms with Crippen molar-refractivity contribution in [3.05, 3.63) is 105 Å². The first-order valence-corrected chi connectivity index (χ1v) is 14.3. The zero-order valence-electron chi connectivity index (χ0n) is 23.0. The molecule has 6 nitrogen and oxygen atoms in total. The van der Waals surface area contributed by atoms with Crippen molar-refractivity contribution in [3.8, 4) is 5.69 Å². The van der Waals surface area contributed by atoms with Crippen LogP contribution in [0, 0.1) is 26.7 Å². The van der Waals surface area contributed by atoms with Crippen molar-refractivity contribution in [1.82, 2.24) is 14.9 Å². The molecule has 2 aromatic heterocycles. The summed E-state index contributed by atoms with van der Waals surface area (Å²) in [5, 5.41) is 8.13. The summed E-state index contributed by atoms with van der Waals surface area (Å²) in [6.07, 6.45) is 1.80. The normalized spacial score (nSPS) is 16.9. The van der Waals surface area contributed by atoms with Crippen LogP contribution in [-0.2, 0) is 4.79 Å². The monoisotopic (exact) mass is 591 g/mol. The van der Waals surface area contributed by atoms with Gasteiger partial charge in [-0.05, 0) is 87.1 Å². The summed E-state index contributed by atoms with van der Waals surface area (Å²) >= 11 is 19.0. The van der Waals surface area contributed by atoms with Gasteiger partial charge < -0.3 is 20.1 Å². The Morgan fingerprint density at radius 1 is 1.00 bits per heavy atom. The van der Waals surface area contributed by atoms with Gasteiger partial charge >= 0.3 is 0 Å². The predicted molar refractivity (Wildman–Crippen MR) is 168 cm³/mol. The average Bonchev–Trinajstić information content (AvgIpc) is 3.37. The van der Waals surface area contributed by atoms with Crippen LogP contribution < -0.4 is 15.5 Å². The molecule has 0 bridgehead atoms. The second-order valence-corrected chi connectivity index (χ2v) is 11.6. The fourth-order valence-corrected chi connectivity index (χ4v) is 6.16. The topological polar surface area (TPSA) is 62.2 Å². The van der Waals surface area contributed by atoms with Gasteiger partial charge in [-0.25, -0.2) is 0 Å². The van der Waals surface area contributed by atoms with Crippen LogP contribution in [-0.4, -0.2) is 20.6 Å².